The van der Waals surface area contributed by atoms with Gasteiger partial charge in [0.2, 0.25) is 0 Å². The number of carbonyl (C=O) groups is 1. The minimum absolute atomic E-state index is 0.0485. The van der Waals surface area contributed by atoms with Gasteiger partial charge in [0, 0.05) is 6.04 Å². The van der Waals surface area contributed by atoms with E-state index in [1.165, 1.54) is 17.8 Å². The second-order valence-electron chi connectivity index (χ2n) is 5.36. The lowest BCUT2D eigenvalue weighted by Gasteiger charge is -2.34. The normalized spacial score (nSPS) is 21.6. The van der Waals surface area contributed by atoms with E-state index in [0.717, 1.165) is 21.6 Å². The maximum Gasteiger partial charge on any atom is 0.256 e. The zero-order valence-corrected chi connectivity index (χ0v) is 12.7. The Kier molecular flexibility index (Phi) is 3.38. The first kappa shape index (κ1) is 13.4. The van der Waals surface area contributed by atoms with E-state index in [4.69, 9.17) is 4.74 Å². The molecule has 1 unspecified atom stereocenters. The third-order valence-corrected chi connectivity index (χ3v) is 5.01. The lowest BCUT2D eigenvalue weighted by atomic mass is 9.81. The van der Waals surface area contributed by atoms with Crippen molar-refractivity contribution in [3.05, 3.63) is 22.7 Å². The fourth-order valence-electron chi connectivity index (χ4n) is 2.59. The Morgan fingerprint density at radius 3 is 2.85 bits per heavy atom. The van der Waals surface area contributed by atoms with Gasteiger partial charge in [-0.05, 0) is 37.8 Å². The fourth-order valence-corrected chi connectivity index (χ4v) is 3.54. The summed E-state index contributed by atoms with van der Waals surface area (Å²) in [6.45, 7) is 4.12. The highest BCUT2D eigenvalue weighted by molar-refractivity contribution is 7.19. The van der Waals surface area contributed by atoms with Crippen LogP contribution < -0.4 is 10.1 Å². The monoisotopic (exact) mass is 290 g/mol. The van der Waals surface area contributed by atoms with Gasteiger partial charge in [-0.15, -0.1) is 11.3 Å². The number of hydrogen-bond donors (Lipinski definition) is 1. The summed E-state index contributed by atoms with van der Waals surface area (Å²) in [5.41, 5.74) is 1.48. The fraction of sp³-hybridized carbons (Fsp3) is 0.467. The van der Waals surface area contributed by atoms with Crippen LogP contribution in [0.15, 0.2) is 12.1 Å². The van der Waals surface area contributed by atoms with Crippen molar-refractivity contribution in [3.8, 4) is 5.75 Å². The van der Waals surface area contributed by atoms with Gasteiger partial charge in [0.05, 0.1) is 22.3 Å². The van der Waals surface area contributed by atoms with E-state index >= 15 is 0 Å². The number of thiazole rings is 1. The molecule has 1 aromatic heterocycles. The zero-order valence-electron chi connectivity index (χ0n) is 11.9. The first-order valence-corrected chi connectivity index (χ1v) is 7.66. The van der Waals surface area contributed by atoms with E-state index in [9.17, 15) is 4.79 Å². The van der Waals surface area contributed by atoms with E-state index in [-0.39, 0.29) is 11.9 Å². The van der Waals surface area contributed by atoms with Gasteiger partial charge in [0.15, 0.2) is 0 Å². The van der Waals surface area contributed by atoms with Crippen LogP contribution in [0.3, 0.4) is 0 Å². The number of ether oxygens (including phenoxy) is 1. The molecule has 1 heterocycles. The van der Waals surface area contributed by atoms with Crippen molar-refractivity contribution in [3.63, 3.8) is 0 Å². The highest BCUT2D eigenvalue weighted by Gasteiger charge is 2.30. The van der Waals surface area contributed by atoms with E-state index < -0.39 is 0 Å². The molecule has 1 aromatic carbocycles. The molecule has 2 aromatic rings. The highest BCUT2D eigenvalue weighted by atomic mass is 32.1. The van der Waals surface area contributed by atoms with Crippen molar-refractivity contribution in [1.29, 1.82) is 0 Å². The summed E-state index contributed by atoms with van der Waals surface area (Å²) < 4.78 is 6.27. The van der Waals surface area contributed by atoms with Crippen LogP contribution in [0.1, 0.15) is 35.1 Å². The van der Waals surface area contributed by atoms with E-state index in [0.29, 0.717) is 17.2 Å². The minimum Gasteiger partial charge on any atom is -0.496 e. The van der Waals surface area contributed by atoms with Gasteiger partial charge in [0.25, 0.3) is 5.91 Å². The van der Waals surface area contributed by atoms with Crippen LogP contribution in [0.4, 0.5) is 0 Å². The molecule has 20 heavy (non-hydrogen) atoms. The van der Waals surface area contributed by atoms with Crippen LogP contribution >= 0.6 is 11.3 Å². The first-order valence-electron chi connectivity index (χ1n) is 6.85. The van der Waals surface area contributed by atoms with Gasteiger partial charge in [-0.25, -0.2) is 4.98 Å². The molecule has 2 atom stereocenters. The minimum atomic E-state index is -0.0485. The molecule has 1 aliphatic carbocycles. The van der Waals surface area contributed by atoms with Gasteiger partial charge < -0.3 is 10.1 Å². The highest BCUT2D eigenvalue weighted by Crippen LogP contribution is 2.33. The number of fused-ring (bicyclic) bond motifs is 1. The lowest BCUT2D eigenvalue weighted by molar-refractivity contribution is 0.0883. The van der Waals surface area contributed by atoms with Gasteiger partial charge >= 0.3 is 0 Å². The molecule has 0 spiro atoms. The largest absolute Gasteiger partial charge is 0.496 e. The Labute approximate surface area is 122 Å². The topological polar surface area (TPSA) is 51.2 Å². The lowest BCUT2D eigenvalue weighted by Crippen LogP contribution is -2.45. The molecule has 5 heteroatoms. The second kappa shape index (κ2) is 5.05. The number of aromatic nitrogens is 1. The van der Waals surface area contributed by atoms with Crippen LogP contribution in [0.2, 0.25) is 0 Å². The first-order chi connectivity index (χ1) is 9.60. The average Bonchev–Trinajstić information content (AvgIpc) is 2.81. The van der Waals surface area contributed by atoms with Crippen molar-refractivity contribution < 1.29 is 9.53 Å². The number of amides is 1. The molecule has 0 aliphatic heterocycles. The molecule has 0 saturated heterocycles. The van der Waals surface area contributed by atoms with Gasteiger partial charge in [0.1, 0.15) is 11.3 Å². The Hall–Kier alpha value is -1.62. The van der Waals surface area contributed by atoms with E-state index in [2.05, 4.69) is 17.2 Å². The molecular formula is C15H18N2O2S. The van der Waals surface area contributed by atoms with Crippen molar-refractivity contribution in [2.24, 2.45) is 5.92 Å². The van der Waals surface area contributed by atoms with Crippen LogP contribution in [0, 0.1) is 12.8 Å². The van der Waals surface area contributed by atoms with Crippen LogP contribution in [-0.4, -0.2) is 24.0 Å². The summed E-state index contributed by atoms with van der Waals surface area (Å²) in [6.07, 6.45) is 2.25. The van der Waals surface area contributed by atoms with Crippen molar-refractivity contribution in [2.45, 2.75) is 32.7 Å². The quantitative estimate of drug-likeness (QED) is 0.944. The maximum atomic E-state index is 12.6. The smallest absolute Gasteiger partial charge is 0.256 e. The van der Waals surface area contributed by atoms with E-state index in [1.54, 1.807) is 7.11 Å². The average molecular weight is 290 g/mol. The molecule has 106 valence electrons. The maximum absolute atomic E-state index is 12.6. The van der Waals surface area contributed by atoms with Crippen molar-refractivity contribution in [1.82, 2.24) is 10.3 Å². The van der Waals surface area contributed by atoms with Crippen molar-refractivity contribution in [2.75, 3.05) is 7.11 Å². The zero-order chi connectivity index (χ0) is 14.3. The summed E-state index contributed by atoms with van der Waals surface area (Å²) in [7, 11) is 1.60. The number of carbonyl (C=O) groups excluding carboxylic acids is 1. The molecule has 1 amide bonds. The molecule has 4 nitrogen and oxygen atoms in total. The van der Waals surface area contributed by atoms with Crippen molar-refractivity contribution >= 4 is 27.5 Å². The predicted molar refractivity (Wildman–Crippen MR) is 80.6 cm³/mol. The Bertz CT molecular complexity index is 665. The van der Waals surface area contributed by atoms with Crippen LogP contribution in [-0.2, 0) is 0 Å². The third-order valence-electron chi connectivity index (χ3n) is 4.01. The molecule has 1 fully saturated rings. The van der Waals surface area contributed by atoms with Gasteiger partial charge in [-0.3, -0.25) is 4.79 Å². The second-order valence-corrected chi connectivity index (χ2v) is 6.56. The number of aryl methyl sites for hydroxylation is 1. The molecule has 3 rings (SSSR count). The van der Waals surface area contributed by atoms with Crippen LogP contribution in [0.25, 0.3) is 10.2 Å². The van der Waals surface area contributed by atoms with Gasteiger partial charge in [-0.2, -0.15) is 0 Å². The number of methoxy groups -OCH3 is 1. The molecule has 1 N–H and O–H groups in total. The Morgan fingerprint density at radius 1 is 1.45 bits per heavy atom. The SMILES string of the molecule is COc1ccc2nc(C)sc2c1C(=O)NC1CC[C@@H]1C. The molecular weight excluding hydrogens is 272 g/mol. The van der Waals surface area contributed by atoms with Gasteiger partial charge in [-0.1, -0.05) is 6.92 Å². The summed E-state index contributed by atoms with van der Waals surface area (Å²) in [5, 5.41) is 4.08. The predicted octanol–water partition coefficient (Wildman–Crippen LogP) is 3.14. The molecule has 0 radical (unpaired) electrons. The summed E-state index contributed by atoms with van der Waals surface area (Å²) in [6, 6.07) is 4.01. The number of nitrogens with one attached hydrogen (secondary N) is 1. The molecule has 0 bridgehead atoms. The van der Waals surface area contributed by atoms with Crippen LogP contribution in [0.5, 0.6) is 5.75 Å². The number of hydrogen-bond acceptors (Lipinski definition) is 4. The van der Waals surface area contributed by atoms with E-state index in [1.807, 2.05) is 19.1 Å². The number of rotatable bonds is 3. The third kappa shape index (κ3) is 2.16. The Morgan fingerprint density at radius 2 is 2.25 bits per heavy atom. The summed E-state index contributed by atoms with van der Waals surface area (Å²) in [5.74, 6) is 1.13. The summed E-state index contributed by atoms with van der Waals surface area (Å²) >= 11 is 1.54. The number of benzene rings is 1. The molecule has 1 aliphatic rings. The summed E-state index contributed by atoms with van der Waals surface area (Å²) in [4.78, 5) is 17.0. The standard InChI is InChI=1S/C15H18N2O2S/c1-8-4-5-10(8)17-15(18)13-12(19-3)7-6-11-14(13)20-9(2)16-11/h6-8,10H,4-5H2,1-3H3,(H,17,18)/t8-,10?/m0/s1. The number of nitrogens with zero attached hydrogens (tertiary/aromatic N) is 1. The molecule has 1 saturated carbocycles. The Balaban J connectivity index is 2.01.